The summed E-state index contributed by atoms with van der Waals surface area (Å²) in [4.78, 5) is 12.7. The highest BCUT2D eigenvalue weighted by molar-refractivity contribution is 5.69. The van der Waals surface area contributed by atoms with Crippen LogP contribution in [0.4, 0.5) is 5.69 Å². The number of aliphatic hydroxyl groups excluding tert-OH is 1. The molecule has 2 heterocycles. The summed E-state index contributed by atoms with van der Waals surface area (Å²) < 4.78 is 9.06. The zero-order valence-corrected chi connectivity index (χ0v) is 10.1. The number of fused-ring (bicyclic) bond motifs is 1. The van der Waals surface area contributed by atoms with E-state index in [1.807, 2.05) is 30.3 Å². The molecule has 0 saturated heterocycles. The lowest BCUT2D eigenvalue weighted by molar-refractivity contribution is 0.209. The number of rotatable bonds is 2. The average molecular weight is 253 g/mol. The first-order valence-electron chi connectivity index (χ1n) is 6.32. The summed E-state index contributed by atoms with van der Waals surface area (Å²) in [5.74, 6) is 0. The molecular weight excluding hydrogens is 240 g/mol. The Kier molecular flexibility index (Phi) is 2.73. The number of nitrogens with zero attached hydrogens (tertiary/aromatic N) is 4. The van der Waals surface area contributed by atoms with E-state index in [0.29, 0.717) is 16.7 Å². The monoisotopic (exact) mass is 253 g/mol. The number of hydrogen-bond donors (Lipinski definition) is 1. The molecule has 2 aromatic heterocycles. The van der Waals surface area contributed by atoms with Crippen molar-refractivity contribution in [2.24, 2.45) is 4.99 Å². The fraction of sp³-hybridized carbons (Fsp3) is 0.0714. The Balaban J connectivity index is 2.29. The van der Waals surface area contributed by atoms with Crippen LogP contribution in [-0.2, 0) is 6.73 Å². The molecule has 0 fully saturated rings. The molecule has 0 saturated carbocycles. The van der Waals surface area contributed by atoms with Gasteiger partial charge in [0.1, 0.15) is 17.7 Å². The van der Waals surface area contributed by atoms with Gasteiger partial charge in [-0.25, -0.2) is 9.98 Å². The molecule has 0 aliphatic heterocycles. The van der Waals surface area contributed by atoms with E-state index in [1.165, 1.54) is 10.8 Å². The van der Waals surface area contributed by atoms with Crippen LogP contribution in [0.25, 0.3) is 11.2 Å². The van der Waals surface area contributed by atoms with E-state index in [2.05, 4.69) is 15.0 Å². The number of para-hydroxylation sites is 1. The molecule has 1 aromatic carbocycles. The van der Waals surface area contributed by atoms with Gasteiger partial charge in [-0.05, 0) is 24.3 Å². The molecule has 5 nitrogen and oxygen atoms in total. The molecule has 3 aromatic rings. The van der Waals surface area contributed by atoms with Gasteiger partial charge in [-0.3, -0.25) is 9.55 Å². The largest absolute Gasteiger partial charge is 0.376 e. The van der Waals surface area contributed by atoms with Crippen LogP contribution in [-0.4, -0.2) is 19.6 Å². The van der Waals surface area contributed by atoms with E-state index in [9.17, 15) is 5.11 Å². The van der Waals surface area contributed by atoms with Crippen molar-refractivity contribution in [2.75, 3.05) is 0 Å². The molecule has 19 heavy (non-hydrogen) atoms. The van der Waals surface area contributed by atoms with Gasteiger partial charge in [-0.15, -0.1) is 0 Å². The van der Waals surface area contributed by atoms with Gasteiger partial charge in [-0.1, -0.05) is 18.2 Å². The van der Waals surface area contributed by atoms with Crippen LogP contribution in [0, 0.1) is 0 Å². The summed E-state index contributed by atoms with van der Waals surface area (Å²) in [6.07, 6.45) is 1.43. The van der Waals surface area contributed by atoms with E-state index in [0.717, 1.165) is 5.69 Å². The first-order chi connectivity index (χ1) is 9.78. The normalized spacial score (nSPS) is 12.7. The van der Waals surface area contributed by atoms with Crippen LogP contribution in [0.2, 0.25) is 0 Å². The number of pyridine rings is 1. The lowest BCUT2D eigenvalue weighted by atomic mass is 10.3. The lowest BCUT2D eigenvalue weighted by Gasteiger charge is -2.06. The second kappa shape index (κ2) is 4.99. The van der Waals surface area contributed by atoms with Crippen molar-refractivity contribution >= 4 is 16.9 Å². The summed E-state index contributed by atoms with van der Waals surface area (Å²) in [6, 6.07) is 13.0. The fourth-order valence-corrected chi connectivity index (χ4v) is 1.84. The van der Waals surface area contributed by atoms with Crippen LogP contribution in [0.5, 0.6) is 0 Å². The quantitative estimate of drug-likeness (QED) is 0.754. The molecule has 0 amide bonds. The van der Waals surface area contributed by atoms with E-state index in [1.54, 1.807) is 12.1 Å². The Labute approximate surface area is 110 Å². The van der Waals surface area contributed by atoms with Crippen LogP contribution >= 0.6 is 0 Å². The zero-order valence-electron chi connectivity index (χ0n) is 11.1. The van der Waals surface area contributed by atoms with Crippen LogP contribution in [0.3, 0.4) is 0 Å². The van der Waals surface area contributed by atoms with Gasteiger partial charge in [0, 0.05) is 12.4 Å². The molecule has 0 aliphatic carbocycles. The van der Waals surface area contributed by atoms with Crippen molar-refractivity contribution in [1.29, 1.82) is 0 Å². The van der Waals surface area contributed by atoms with Crippen molar-refractivity contribution in [3.8, 4) is 0 Å². The van der Waals surface area contributed by atoms with E-state index in [-0.39, 0.29) is 12.9 Å². The smallest absolute Gasteiger partial charge is 0.162 e. The Hall–Kier alpha value is -2.53. The molecule has 0 spiro atoms. The summed E-state index contributed by atoms with van der Waals surface area (Å²) in [5, 5.41) is 9.56. The van der Waals surface area contributed by atoms with Crippen molar-refractivity contribution in [1.82, 2.24) is 14.5 Å². The summed E-state index contributed by atoms with van der Waals surface area (Å²) in [7, 11) is 0. The van der Waals surface area contributed by atoms with Crippen molar-refractivity contribution < 1.29 is 6.48 Å². The lowest BCUT2D eigenvalue weighted by Crippen LogP contribution is -2.21. The SMILES string of the molecule is [2H]c1cnc2ccc(=Nc3ccccc3)n(CO)c2n1. The maximum absolute atomic E-state index is 9.56. The summed E-state index contributed by atoms with van der Waals surface area (Å²) in [6.45, 7) is -0.277. The number of benzene rings is 1. The molecule has 0 atom stereocenters. The predicted molar refractivity (Wildman–Crippen MR) is 71.4 cm³/mol. The highest BCUT2D eigenvalue weighted by Crippen LogP contribution is 2.09. The first-order valence-corrected chi connectivity index (χ1v) is 5.82. The van der Waals surface area contributed by atoms with Crippen molar-refractivity contribution in [3.63, 3.8) is 0 Å². The van der Waals surface area contributed by atoms with Crippen LogP contribution in [0.1, 0.15) is 1.37 Å². The molecule has 0 unspecified atom stereocenters. The first kappa shape index (κ1) is 10.4. The third-order valence-electron chi connectivity index (χ3n) is 2.72. The maximum atomic E-state index is 9.56. The number of aliphatic hydroxyl groups is 1. The highest BCUT2D eigenvalue weighted by atomic mass is 16.3. The van der Waals surface area contributed by atoms with Gasteiger partial charge in [-0.2, -0.15) is 0 Å². The minimum absolute atomic E-state index is 0.0524. The second-order valence-electron chi connectivity index (χ2n) is 3.92. The third kappa shape index (κ3) is 2.23. The molecule has 0 bridgehead atoms. The van der Waals surface area contributed by atoms with Gasteiger partial charge >= 0.3 is 0 Å². The van der Waals surface area contributed by atoms with Crippen LogP contribution in [0.15, 0.2) is 59.8 Å². The molecule has 5 heteroatoms. The Morgan fingerprint density at radius 3 is 2.79 bits per heavy atom. The minimum atomic E-state index is -0.277. The number of aromatic nitrogens is 3. The molecule has 94 valence electrons. The highest BCUT2D eigenvalue weighted by Gasteiger charge is 2.02. The molecular formula is C14H12N4O. The van der Waals surface area contributed by atoms with Gasteiger partial charge in [0.25, 0.3) is 0 Å². The van der Waals surface area contributed by atoms with Gasteiger partial charge in [0.15, 0.2) is 5.65 Å². The van der Waals surface area contributed by atoms with Crippen molar-refractivity contribution in [3.05, 3.63) is 60.3 Å². The molecule has 0 aliphatic rings. The van der Waals surface area contributed by atoms with Crippen molar-refractivity contribution in [2.45, 2.75) is 6.73 Å². The summed E-state index contributed by atoms with van der Waals surface area (Å²) in [5.41, 5.74) is 2.40. The average Bonchev–Trinajstić information content (AvgIpc) is 2.48. The Morgan fingerprint density at radius 1 is 1.16 bits per heavy atom. The van der Waals surface area contributed by atoms with Gasteiger partial charge < -0.3 is 5.11 Å². The van der Waals surface area contributed by atoms with Crippen LogP contribution < -0.4 is 5.49 Å². The zero-order chi connectivity index (χ0) is 13.9. The summed E-state index contributed by atoms with van der Waals surface area (Å²) >= 11 is 0. The van der Waals surface area contributed by atoms with E-state index >= 15 is 0 Å². The number of hydrogen-bond acceptors (Lipinski definition) is 4. The molecule has 0 radical (unpaired) electrons. The Morgan fingerprint density at radius 2 is 2.00 bits per heavy atom. The molecule has 1 N–H and O–H groups in total. The minimum Gasteiger partial charge on any atom is -0.376 e. The predicted octanol–water partition coefficient (Wildman–Crippen LogP) is 1.61. The van der Waals surface area contributed by atoms with Gasteiger partial charge in [0.05, 0.1) is 7.06 Å². The van der Waals surface area contributed by atoms with E-state index < -0.39 is 0 Å². The van der Waals surface area contributed by atoms with E-state index in [4.69, 9.17) is 1.37 Å². The second-order valence-corrected chi connectivity index (χ2v) is 3.92. The topological polar surface area (TPSA) is 63.3 Å². The standard InChI is InChI=1S/C14H12N4O/c19-10-18-13(17-11-4-2-1-3-5-11)7-6-12-14(18)16-9-8-15-12/h1-9,19H,10H2/i9D. The third-order valence-corrected chi connectivity index (χ3v) is 2.72. The Bertz CT molecular complexity index is 814. The fourth-order valence-electron chi connectivity index (χ4n) is 1.84. The molecule has 3 rings (SSSR count). The van der Waals surface area contributed by atoms with Gasteiger partial charge in [0.2, 0.25) is 0 Å². The maximum Gasteiger partial charge on any atom is 0.162 e.